The average Bonchev–Trinajstić information content (AvgIpc) is 2.17. The summed E-state index contributed by atoms with van der Waals surface area (Å²) < 4.78 is 11.1. The van der Waals surface area contributed by atoms with Crippen molar-refractivity contribution in [1.29, 1.82) is 0 Å². The van der Waals surface area contributed by atoms with Crippen LogP contribution in [0.4, 0.5) is 0 Å². The highest BCUT2D eigenvalue weighted by molar-refractivity contribution is 5.38. The van der Waals surface area contributed by atoms with Gasteiger partial charge in [0.25, 0.3) is 0 Å². The maximum absolute atomic E-state index is 6.12. The van der Waals surface area contributed by atoms with Crippen LogP contribution < -0.4 is 10.5 Å². The first-order valence-electron chi connectivity index (χ1n) is 5.17. The Kier molecular flexibility index (Phi) is 2.67. The van der Waals surface area contributed by atoms with Gasteiger partial charge in [-0.3, -0.25) is 0 Å². The first-order chi connectivity index (χ1) is 7.14. The molecule has 2 atom stereocenters. The zero-order valence-electron chi connectivity index (χ0n) is 9.19. The van der Waals surface area contributed by atoms with E-state index in [4.69, 9.17) is 15.2 Å². The molecule has 0 bridgehead atoms. The smallest absolute Gasteiger partial charge is 0.131 e. The topological polar surface area (TPSA) is 44.5 Å². The lowest BCUT2D eigenvalue weighted by atomic mass is 9.89. The van der Waals surface area contributed by atoms with Crippen LogP contribution in [-0.2, 0) is 4.74 Å². The van der Waals surface area contributed by atoms with E-state index in [2.05, 4.69) is 0 Å². The molecule has 0 fully saturated rings. The fourth-order valence-corrected chi connectivity index (χ4v) is 2.16. The first kappa shape index (κ1) is 10.5. The van der Waals surface area contributed by atoms with Crippen LogP contribution in [0.1, 0.15) is 24.9 Å². The van der Waals surface area contributed by atoms with E-state index in [0.29, 0.717) is 6.61 Å². The van der Waals surface area contributed by atoms with Crippen molar-refractivity contribution in [1.82, 2.24) is 0 Å². The number of fused-ring (bicyclic) bond motifs is 1. The average molecular weight is 207 g/mol. The molecule has 0 radical (unpaired) electrons. The standard InChI is InChI=1S/C12H17NO2/c1-12(8-14-2)7-10(13)9-5-3-4-6-11(9)15-12/h3-6,10H,7-8,13H2,1-2H3. The minimum Gasteiger partial charge on any atom is -0.485 e. The van der Waals surface area contributed by atoms with Gasteiger partial charge in [0.1, 0.15) is 11.4 Å². The van der Waals surface area contributed by atoms with Crippen LogP contribution in [-0.4, -0.2) is 19.3 Å². The summed E-state index contributed by atoms with van der Waals surface area (Å²) in [5.41, 5.74) is 6.90. The van der Waals surface area contributed by atoms with Gasteiger partial charge in [-0.15, -0.1) is 0 Å². The molecule has 2 rings (SSSR count). The highest BCUT2D eigenvalue weighted by atomic mass is 16.5. The molecule has 1 aromatic carbocycles. The van der Waals surface area contributed by atoms with Gasteiger partial charge in [-0.2, -0.15) is 0 Å². The van der Waals surface area contributed by atoms with Crippen molar-refractivity contribution in [3.05, 3.63) is 29.8 Å². The van der Waals surface area contributed by atoms with Crippen LogP contribution in [0.15, 0.2) is 24.3 Å². The molecule has 82 valence electrons. The molecule has 2 N–H and O–H groups in total. The van der Waals surface area contributed by atoms with Crippen molar-refractivity contribution in [3.63, 3.8) is 0 Å². The largest absolute Gasteiger partial charge is 0.485 e. The first-order valence-corrected chi connectivity index (χ1v) is 5.17. The second kappa shape index (κ2) is 3.83. The third-order valence-electron chi connectivity index (χ3n) is 2.78. The molecule has 0 aliphatic carbocycles. The molecule has 0 aromatic heterocycles. The molecule has 3 heteroatoms. The van der Waals surface area contributed by atoms with Crippen LogP contribution >= 0.6 is 0 Å². The number of nitrogens with two attached hydrogens (primary N) is 1. The Morgan fingerprint density at radius 3 is 3.00 bits per heavy atom. The molecule has 1 heterocycles. The SMILES string of the molecule is COCC1(C)CC(N)c2ccccc2O1. The van der Waals surface area contributed by atoms with Gasteiger partial charge >= 0.3 is 0 Å². The van der Waals surface area contributed by atoms with E-state index < -0.39 is 0 Å². The van der Waals surface area contributed by atoms with Crippen LogP contribution in [0.3, 0.4) is 0 Å². The number of hydrogen-bond acceptors (Lipinski definition) is 3. The lowest BCUT2D eigenvalue weighted by molar-refractivity contribution is -0.0172. The van der Waals surface area contributed by atoms with Gasteiger partial charge in [-0.25, -0.2) is 0 Å². The zero-order valence-corrected chi connectivity index (χ0v) is 9.19. The minimum atomic E-state index is -0.303. The zero-order chi connectivity index (χ0) is 10.9. The van der Waals surface area contributed by atoms with E-state index in [-0.39, 0.29) is 11.6 Å². The third kappa shape index (κ3) is 1.98. The summed E-state index contributed by atoms with van der Waals surface area (Å²) >= 11 is 0. The summed E-state index contributed by atoms with van der Waals surface area (Å²) in [5.74, 6) is 0.885. The molecule has 0 saturated carbocycles. The Labute approximate surface area is 90.2 Å². The highest BCUT2D eigenvalue weighted by Gasteiger charge is 2.35. The van der Waals surface area contributed by atoms with Gasteiger partial charge < -0.3 is 15.2 Å². The molecule has 1 aromatic rings. The third-order valence-corrected chi connectivity index (χ3v) is 2.78. The second-order valence-corrected chi connectivity index (χ2v) is 4.33. The summed E-state index contributed by atoms with van der Waals surface area (Å²) in [4.78, 5) is 0. The van der Waals surface area contributed by atoms with Gasteiger partial charge in [0.05, 0.1) is 6.61 Å². The number of hydrogen-bond donors (Lipinski definition) is 1. The van der Waals surface area contributed by atoms with Crippen molar-refractivity contribution in [2.24, 2.45) is 5.73 Å². The number of benzene rings is 1. The molecule has 0 spiro atoms. The fourth-order valence-electron chi connectivity index (χ4n) is 2.16. The van der Waals surface area contributed by atoms with E-state index in [0.717, 1.165) is 17.7 Å². The van der Waals surface area contributed by atoms with E-state index in [1.807, 2.05) is 31.2 Å². The molecule has 3 nitrogen and oxygen atoms in total. The van der Waals surface area contributed by atoms with Gasteiger partial charge in [0, 0.05) is 25.1 Å². The Hall–Kier alpha value is -1.06. The molecule has 0 saturated heterocycles. The molecule has 15 heavy (non-hydrogen) atoms. The highest BCUT2D eigenvalue weighted by Crippen LogP contribution is 2.38. The quantitative estimate of drug-likeness (QED) is 0.805. The van der Waals surface area contributed by atoms with E-state index in [9.17, 15) is 0 Å². The lowest BCUT2D eigenvalue weighted by Gasteiger charge is -2.38. The maximum atomic E-state index is 6.12. The van der Waals surface area contributed by atoms with Gasteiger partial charge in [0.2, 0.25) is 0 Å². The van der Waals surface area contributed by atoms with Crippen molar-refractivity contribution in [3.8, 4) is 5.75 Å². The van der Waals surface area contributed by atoms with Gasteiger partial charge in [0.15, 0.2) is 0 Å². The summed E-state index contributed by atoms with van der Waals surface area (Å²) in [6.07, 6.45) is 0.790. The predicted octanol–water partition coefficient (Wildman–Crippen LogP) is 1.87. The van der Waals surface area contributed by atoms with Gasteiger partial charge in [-0.1, -0.05) is 18.2 Å². The number of rotatable bonds is 2. The number of methoxy groups -OCH3 is 1. The van der Waals surface area contributed by atoms with E-state index >= 15 is 0 Å². The molecule has 2 unspecified atom stereocenters. The Balaban J connectivity index is 2.29. The minimum absolute atomic E-state index is 0.0371. The molecular formula is C12H17NO2. The van der Waals surface area contributed by atoms with Crippen molar-refractivity contribution in [2.75, 3.05) is 13.7 Å². The summed E-state index contributed by atoms with van der Waals surface area (Å²) in [6, 6.07) is 7.97. The summed E-state index contributed by atoms with van der Waals surface area (Å²) in [7, 11) is 1.68. The Bertz CT molecular complexity index is 353. The Morgan fingerprint density at radius 2 is 2.27 bits per heavy atom. The lowest BCUT2D eigenvalue weighted by Crippen LogP contribution is -2.43. The molecule has 0 amide bonds. The normalized spacial score (nSPS) is 29.4. The van der Waals surface area contributed by atoms with E-state index in [1.54, 1.807) is 7.11 Å². The summed E-state index contributed by atoms with van der Waals surface area (Å²) in [5, 5.41) is 0. The van der Waals surface area contributed by atoms with Crippen LogP contribution in [0.25, 0.3) is 0 Å². The van der Waals surface area contributed by atoms with Gasteiger partial charge in [-0.05, 0) is 13.0 Å². The summed E-state index contributed by atoms with van der Waals surface area (Å²) in [6.45, 7) is 2.60. The maximum Gasteiger partial charge on any atom is 0.131 e. The Morgan fingerprint density at radius 1 is 1.53 bits per heavy atom. The second-order valence-electron chi connectivity index (χ2n) is 4.33. The van der Waals surface area contributed by atoms with Crippen LogP contribution in [0.2, 0.25) is 0 Å². The van der Waals surface area contributed by atoms with Crippen molar-refractivity contribution >= 4 is 0 Å². The predicted molar refractivity (Wildman–Crippen MR) is 58.9 cm³/mol. The van der Waals surface area contributed by atoms with Crippen molar-refractivity contribution in [2.45, 2.75) is 25.0 Å². The van der Waals surface area contributed by atoms with Crippen LogP contribution in [0, 0.1) is 0 Å². The molecular weight excluding hydrogens is 190 g/mol. The molecule has 1 aliphatic rings. The molecule has 1 aliphatic heterocycles. The fraction of sp³-hybridized carbons (Fsp3) is 0.500. The van der Waals surface area contributed by atoms with Crippen LogP contribution in [0.5, 0.6) is 5.75 Å². The van der Waals surface area contributed by atoms with E-state index in [1.165, 1.54) is 0 Å². The number of ether oxygens (including phenoxy) is 2. The monoisotopic (exact) mass is 207 g/mol. The van der Waals surface area contributed by atoms with Crippen molar-refractivity contribution < 1.29 is 9.47 Å². The number of para-hydroxylation sites is 1.